The van der Waals surface area contributed by atoms with Gasteiger partial charge in [0.2, 0.25) is 5.91 Å². The number of hydrogen-bond donors (Lipinski definition) is 1. The number of nitro groups is 1. The first-order valence-electron chi connectivity index (χ1n) is 8.15. The molecule has 1 aliphatic heterocycles. The van der Waals surface area contributed by atoms with Crippen molar-refractivity contribution in [1.29, 1.82) is 0 Å². The number of rotatable bonds is 6. The molecule has 25 heavy (non-hydrogen) atoms. The number of amides is 1. The van der Waals surface area contributed by atoms with E-state index in [2.05, 4.69) is 15.3 Å². The molecule has 1 fully saturated rings. The molecule has 0 aromatic carbocycles. The van der Waals surface area contributed by atoms with Gasteiger partial charge in [0, 0.05) is 44.0 Å². The maximum Gasteiger partial charge on any atom is 0.287 e. The van der Waals surface area contributed by atoms with Gasteiger partial charge in [0.1, 0.15) is 12.0 Å². The lowest BCUT2D eigenvalue weighted by Gasteiger charge is -2.17. The van der Waals surface area contributed by atoms with E-state index in [-0.39, 0.29) is 17.6 Å². The van der Waals surface area contributed by atoms with Crippen molar-refractivity contribution in [3.05, 3.63) is 58.5 Å². The van der Waals surface area contributed by atoms with E-state index < -0.39 is 4.92 Å². The van der Waals surface area contributed by atoms with Crippen LogP contribution in [0.25, 0.3) is 0 Å². The molecule has 0 spiro atoms. The van der Waals surface area contributed by atoms with Crippen molar-refractivity contribution in [1.82, 2.24) is 14.9 Å². The Labute approximate surface area is 145 Å². The first-order chi connectivity index (χ1) is 12.1. The number of anilines is 1. The molecule has 0 aliphatic carbocycles. The zero-order valence-electron chi connectivity index (χ0n) is 13.7. The number of aromatic nitrogens is 2. The van der Waals surface area contributed by atoms with Crippen molar-refractivity contribution in [3.8, 4) is 0 Å². The fraction of sp³-hybridized carbons (Fsp3) is 0.353. The van der Waals surface area contributed by atoms with E-state index in [0.29, 0.717) is 31.7 Å². The topological polar surface area (TPSA) is 101 Å². The molecular formula is C17H19N5O3. The number of pyridine rings is 2. The van der Waals surface area contributed by atoms with Crippen molar-refractivity contribution >= 4 is 17.4 Å². The summed E-state index contributed by atoms with van der Waals surface area (Å²) in [4.78, 5) is 32.4. The Morgan fingerprint density at radius 2 is 2.24 bits per heavy atom. The van der Waals surface area contributed by atoms with Gasteiger partial charge < -0.3 is 10.2 Å². The Balaban J connectivity index is 1.47. The number of carbonyl (C=O) groups excluding carboxylic acids is 1. The Kier molecular flexibility index (Phi) is 5.17. The zero-order valence-corrected chi connectivity index (χ0v) is 13.7. The standard InChI is InChI=1S/C17H19N5O3/c23-17(6-3-13-2-1-8-18-10-13)21-9-7-14(12-21)20-16-5-4-15(11-19-16)22(24)25/h1-2,4-5,8,10-11,14H,3,6-7,9,12H2,(H,19,20)/t14-/m0/s1. The third-order valence-corrected chi connectivity index (χ3v) is 4.20. The summed E-state index contributed by atoms with van der Waals surface area (Å²) in [5.41, 5.74) is 1.02. The Morgan fingerprint density at radius 3 is 2.92 bits per heavy atom. The van der Waals surface area contributed by atoms with Gasteiger partial charge in [-0.05, 0) is 30.5 Å². The molecule has 1 amide bonds. The van der Waals surface area contributed by atoms with Crippen LogP contribution < -0.4 is 5.32 Å². The molecule has 0 saturated carbocycles. The van der Waals surface area contributed by atoms with Crippen LogP contribution in [0.1, 0.15) is 18.4 Å². The third kappa shape index (κ3) is 4.50. The van der Waals surface area contributed by atoms with Crippen molar-refractivity contribution < 1.29 is 9.72 Å². The number of aryl methyl sites for hydroxylation is 1. The summed E-state index contributed by atoms with van der Waals surface area (Å²) in [6.07, 6.45) is 6.71. The van der Waals surface area contributed by atoms with E-state index >= 15 is 0 Å². The minimum Gasteiger partial charge on any atom is -0.365 e. The molecule has 2 aromatic heterocycles. The highest BCUT2D eigenvalue weighted by Gasteiger charge is 2.26. The summed E-state index contributed by atoms with van der Waals surface area (Å²) in [5.74, 6) is 0.713. The van der Waals surface area contributed by atoms with Crippen molar-refractivity contribution in [2.75, 3.05) is 18.4 Å². The fourth-order valence-corrected chi connectivity index (χ4v) is 2.85. The van der Waals surface area contributed by atoms with Crippen molar-refractivity contribution in [2.45, 2.75) is 25.3 Å². The minimum atomic E-state index is -0.477. The maximum absolute atomic E-state index is 12.3. The molecule has 2 aromatic rings. The lowest BCUT2D eigenvalue weighted by molar-refractivity contribution is -0.385. The second-order valence-electron chi connectivity index (χ2n) is 5.99. The van der Waals surface area contributed by atoms with Gasteiger partial charge in [-0.25, -0.2) is 4.98 Å². The second kappa shape index (κ2) is 7.69. The highest BCUT2D eigenvalue weighted by atomic mass is 16.6. The molecule has 0 unspecified atom stereocenters. The highest BCUT2D eigenvalue weighted by Crippen LogP contribution is 2.18. The molecule has 1 aliphatic rings. The summed E-state index contributed by atoms with van der Waals surface area (Å²) in [5, 5.41) is 13.9. The van der Waals surface area contributed by atoms with Crippen LogP contribution in [0.5, 0.6) is 0 Å². The Hall–Kier alpha value is -3.03. The summed E-state index contributed by atoms with van der Waals surface area (Å²) in [6, 6.07) is 6.95. The van der Waals surface area contributed by atoms with Gasteiger partial charge in [-0.1, -0.05) is 6.07 Å². The van der Waals surface area contributed by atoms with Crippen LogP contribution in [0.15, 0.2) is 42.9 Å². The largest absolute Gasteiger partial charge is 0.365 e. The molecule has 1 atom stereocenters. The third-order valence-electron chi connectivity index (χ3n) is 4.20. The van der Waals surface area contributed by atoms with Gasteiger partial charge in [-0.15, -0.1) is 0 Å². The van der Waals surface area contributed by atoms with Crippen molar-refractivity contribution in [3.63, 3.8) is 0 Å². The normalized spacial score (nSPS) is 16.6. The molecule has 1 saturated heterocycles. The highest BCUT2D eigenvalue weighted by molar-refractivity contribution is 5.76. The van der Waals surface area contributed by atoms with Gasteiger partial charge in [-0.2, -0.15) is 0 Å². The van der Waals surface area contributed by atoms with Gasteiger partial charge in [0.25, 0.3) is 5.69 Å². The van der Waals surface area contributed by atoms with E-state index in [1.165, 1.54) is 12.3 Å². The van der Waals surface area contributed by atoms with Crippen molar-refractivity contribution in [2.24, 2.45) is 0 Å². The second-order valence-corrected chi connectivity index (χ2v) is 5.99. The number of nitrogens with zero attached hydrogens (tertiary/aromatic N) is 4. The molecule has 130 valence electrons. The quantitative estimate of drug-likeness (QED) is 0.637. The predicted molar refractivity (Wildman–Crippen MR) is 92.1 cm³/mol. The first kappa shape index (κ1) is 16.8. The number of hydrogen-bond acceptors (Lipinski definition) is 6. The molecule has 8 heteroatoms. The molecule has 0 radical (unpaired) electrons. The molecular weight excluding hydrogens is 322 g/mol. The van der Waals surface area contributed by atoms with Gasteiger partial charge >= 0.3 is 0 Å². The Morgan fingerprint density at radius 1 is 1.36 bits per heavy atom. The molecule has 0 bridgehead atoms. The predicted octanol–water partition coefficient (Wildman–Crippen LogP) is 2.03. The lowest BCUT2D eigenvalue weighted by atomic mass is 10.1. The van der Waals surface area contributed by atoms with E-state index in [1.54, 1.807) is 18.5 Å². The van der Waals surface area contributed by atoms with Crippen LogP contribution in [0.4, 0.5) is 11.5 Å². The summed E-state index contributed by atoms with van der Waals surface area (Å²) in [6.45, 7) is 1.32. The van der Waals surface area contributed by atoms with Crippen LogP contribution in [0, 0.1) is 10.1 Å². The summed E-state index contributed by atoms with van der Waals surface area (Å²) in [7, 11) is 0. The van der Waals surface area contributed by atoms with Crippen LogP contribution in [0.2, 0.25) is 0 Å². The first-order valence-corrected chi connectivity index (χ1v) is 8.15. The molecule has 1 N–H and O–H groups in total. The van der Waals surface area contributed by atoms with E-state index in [4.69, 9.17) is 0 Å². The number of nitrogens with one attached hydrogen (secondary N) is 1. The molecule has 3 heterocycles. The minimum absolute atomic E-state index is 0.0378. The van der Waals surface area contributed by atoms with Gasteiger partial charge in [-0.3, -0.25) is 19.9 Å². The monoisotopic (exact) mass is 341 g/mol. The number of likely N-dealkylation sites (tertiary alicyclic amines) is 1. The van der Waals surface area contributed by atoms with Crippen LogP contribution >= 0.6 is 0 Å². The maximum atomic E-state index is 12.3. The molecule has 3 rings (SSSR count). The summed E-state index contributed by atoms with van der Waals surface area (Å²) >= 11 is 0. The summed E-state index contributed by atoms with van der Waals surface area (Å²) < 4.78 is 0. The fourth-order valence-electron chi connectivity index (χ4n) is 2.85. The lowest BCUT2D eigenvalue weighted by Crippen LogP contribution is -2.31. The zero-order chi connectivity index (χ0) is 17.6. The average Bonchev–Trinajstić information content (AvgIpc) is 3.09. The SMILES string of the molecule is O=C(CCc1cccnc1)N1CC[C@H](Nc2ccc([N+](=O)[O-])cn2)C1. The number of carbonyl (C=O) groups is 1. The van der Waals surface area contributed by atoms with Gasteiger partial charge in [0.15, 0.2) is 0 Å². The van der Waals surface area contributed by atoms with E-state index in [1.807, 2.05) is 17.0 Å². The van der Waals surface area contributed by atoms with Crippen LogP contribution in [-0.4, -0.2) is 44.8 Å². The smallest absolute Gasteiger partial charge is 0.287 e. The Bertz CT molecular complexity index is 736. The van der Waals surface area contributed by atoms with E-state index in [0.717, 1.165) is 12.0 Å². The van der Waals surface area contributed by atoms with Gasteiger partial charge in [0.05, 0.1) is 4.92 Å². The van der Waals surface area contributed by atoms with Crippen LogP contribution in [-0.2, 0) is 11.2 Å². The molecule has 8 nitrogen and oxygen atoms in total. The average molecular weight is 341 g/mol. The van der Waals surface area contributed by atoms with Crippen LogP contribution in [0.3, 0.4) is 0 Å². The van der Waals surface area contributed by atoms with E-state index in [9.17, 15) is 14.9 Å².